The highest BCUT2D eigenvalue weighted by molar-refractivity contribution is 5.17. The molecular formula is C38H45NO6. The lowest BCUT2D eigenvalue weighted by Crippen LogP contribution is -2.70. The molecule has 4 aromatic carbocycles. The Hall–Kier alpha value is -3.40. The number of nitrogens with one attached hydrogen (secondary N) is 1. The van der Waals surface area contributed by atoms with Crippen LogP contribution in [-0.4, -0.2) is 59.9 Å². The monoisotopic (exact) mass is 611 g/mol. The van der Waals surface area contributed by atoms with Crippen LogP contribution in [0.1, 0.15) is 35.1 Å². The van der Waals surface area contributed by atoms with E-state index in [2.05, 4.69) is 5.32 Å². The fourth-order valence-corrected chi connectivity index (χ4v) is 5.79. The minimum atomic E-state index is -0.785. The zero-order valence-electron chi connectivity index (χ0n) is 25.7. The summed E-state index contributed by atoms with van der Waals surface area (Å²) in [5.41, 5.74) is 4.19. The molecule has 0 aromatic heterocycles. The summed E-state index contributed by atoms with van der Waals surface area (Å²) >= 11 is 0. The zero-order chi connectivity index (χ0) is 31.1. The number of rotatable bonds is 17. The average molecular weight is 612 g/mol. The van der Waals surface area contributed by atoms with Crippen molar-refractivity contribution in [1.29, 1.82) is 0 Å². The topological polar surface area (TPSA) is 89.4 Å². The van der Waals surface area contributed by atoms with E-state index in [9.17, 15) is 10.2 Å². The molecule has 0 saturated carbocycles. The van der Waals surface area contributed by atoms with E-state index in [1.807, 2.05) is 121 Å². The standard InChI is InChI=1S/C38H45NO6/c40-23-13-22-34(41)35-37(44-26-31-18-9-3-10-19-31)38(45-27-32-20-11-4-12-21-32)36(43-25-30-16-7-2-8-17-30)33(39-35)28-42-24-29-14-5-1-6-15-29/h1-12,14-21,33-41H,13,22-28H2. The third-order valence-electron chi connectivity index (χ3n) is 8.14. The van der Waals surface area contributed by atoms with Crippen LogP contribution in [0.3, 0.4) is 0 Å². The Balaban J connectivity index is 1.44. The van der Waals surface area contributed by atoms with Gasteiger partial charge < -0.3 is 34.5 Å². The van der Waals surface area contributed by atoms with Crippen molar-refractivity contribution in [2.45, 2.75) is 75.8 Å². The Morgan fingerprint density at radius 3 is 1.44 bits per heavy atom. The molecule has 1 aliphatic heterocycles. The number of ether oxygens (including phenoxy) is 4. The van der Waals surface area contributed by atoms with Gasteiger partial charge in [0.05, 0.1) is 51.2 Å². The fourth-order valence-electron chi connectivity index (χ4n) is 5.79. The van der Waals surface area contributed by atoms with Crippen LogP contribution in [0.5, 0.6) is 0 Å². The van der Waals surface area contributed by atoms with E-state index >= 15 is 0 Å². The lowest BCUT2D eigenvalue weighted by Gasteiger charge is -2.48. The van der Waals surface area contributed by atoms with Crippen LogP contribution in [0.15, 0.2) is 121 Å². The largest absolute Gasteiger partial charge is 0.396 e. The van der Waals surface area contributed by atoms with Gasteiger partial charge in [0.1, 0.15) is 18.3 Å². The van der Waals surface area contributed by atoms with Crippen molar-refractivity contribution in [2.24, 2.45) is 0 Å². The van der Waals surface area contributed by atoms with E-state index in [0.717, 1.165) is 22.3 Å². The van der Waals surface area contributed by atoms with Crippen molar-refractivity contribution in [1.82, 2.24) is 5.32 Å². The lowest BCUT2D eigenvalue weighted by atomic mass is 9.85. The summed E-state index contributed by atoms with van der Waals surface area (Å²) in [5, 5.41) is 24.7. The summed E-state index contributed by atoms with van der Waals surface area (Å²) in [7, 11) is 0. The predicted octanol–water partition coefficient (Wildman–Crippen LogP) is 5.43. The summed E-state index contributed by atoms with van der Waals surface area (Å²) in [6, 6.07) is 39.4. The van der Waals surface area contributed by atoms with E-state index in [1.54, 1.807) is 0 Å². The molecule has 6 unspecified atom stereocenters. The van der Waals surface area contributed by atoms with Crippen LogP contribution in [-0.2, 0) is 45.4 Å². The molecule has 7 nitrogen and oxygen atoms in total. The number of benzene rings is 4. The molecule has 4 aromatic rings. The van der Waals surface area contributed by atoms with Crippen LogP contribution in [0.4, 0.5) is 0 Å². The Bertz CT molecular complexity index is 1340. The molecule has 6 atom stereocenters. The molecule has 1 aliphatic rings. The number of piperidine rings is 1. The molecule has 1 saturated heterocycles. The Morgan fingerprint density at radius 2 is 0.978 bits per heavy atom. The van der Waals surface area contributed by atoms with Crippen molar-refractivity contribution in [3.8, 4) is 0 Å². The molecule has 0 aliphatic carbocycles. The fraction of sp³-hybridized carbons (Fsp3) is 0.368. The first-order valence-electron chi connectivity index (χ1n) is 15.8. The maximum atomic E-state index is 11.5. The quantitative estimate of drug-likeness (QED) is 0.147. The first-order valence-corrected chi connectivity index (χ1v) is 15.8. The van der Waals surface area contributed by atoms with Gasteiger partial charge in [-0.05, 0) is 35.1 Å². The highest BCUT2D eigenvalue weighted by Gasteiger charge is 2.49. The second kappa shape index (κ2) is 17.9. The van der Waals surface area contributed by atoms with E-state index < -0.39 is 30.5 Å². The molecular weight excluding hydrogens is 566 g/mol. The predicted molar refractivity (Wildman–Crippen MR) is 174 cm³/mol. The van der Waals surface area contributed by atoms with Gasteiger partial charge in [0.15, 0.2) is 0 Å². The second-order valence-electron chi connectivity index (χ2n) is 11.5. The first kappa shape index (κ1) is 33.0. The molecule has 0 radical (unpaired) electrons. The lowest BCUT2D eigenvalue weighted by molar-refractivity contribution is -0.204. The number of aliphatic hydroxyl groups is 2. The van der Waals surface area contributed by atoms with E-state index in [0.29, 0.717) is 45.9 Å². The van der Waals surface area contributed by atoms with Gasteiger partial charge in [0.2, 0.25) is 0 Å². The highest BCUT2D eigenvalue weighted by atomic mass is 16.6. The van der Waals surface area contributed by atoms with Gasteiger partial charge in [0.25, 0.3) is 0 Å². The molecule has 0 bridgehead atoms. The van der Waals surface area contributed by atoms with Gasteiger partial charge in [0, 0.05) is 6.61 Å². The van der Waals surface area contributed by atoms with Gasteiger partial charge >= 0.3 is 0 Å². The molecule has 7 heteroatoms. The van der Waals surface area contributed by atoms with E-state index in [1.165, 1.54) is 0 Å². The number of aliphatic hydroxyl groups excluding tert-OH is 2. The molecule has 1 fully saturated rings. The maximum Gasteiger partial charge on any atom is 0.113 e. The van der Waals surface area contributed by atoms with Crippen molar-refractivity contribution >= 4 is 0 Å². The Kier molecular flexibility index (Phi) is 13.1. The molecule has 238 valence electrons. The molecule has 45 heavy (non-hydrogen) atoms. The van der Waals surface area contributed by atoms with Crippen LogP contribution < -0.4 is 5.32 Å². The molecule has 5 rings (SSSR count). The van der Waals surface area contributed by atoms with Crippen molar-refractivity contribution < 1.29 is 29.2 Å². The van der Waals surface area contributed by atoms with Crippen LogP contribution in [0, 0.1) is 0 Å². The van der Waals surface area contributed by atoms with Crippen molar-refractivity contribution in [2.75, 3.05) is 13.2 Å². The summed E-state index contributed by atoms with van der Waals surface area (Å²) in [6.07, 6.45) is -1.42. The second-order valence-corrected chi connectivity index (χ2v) is 11.5. The molecule has 0 spiro atoms. The summed E-state index contributed by atoms with van der Waals surface area (Å²) in [5.74, 6) is 0. The highest BCUT2D eigenvalue weighted by Crippen LogP contribution is 2.30. The van der Waals surface area contributed by atoms with Crippen LogP contribution in [0.25, 0.3) is 0 Å². The van der Waals surface area contributed by atoms with Crippen LogP contribution in [0.2, 0.25) is 0 Å². The minimum absolute atomic E-state index is 0.000315. The molecule has 1 heterocycles. The normalized spacial score (nSPS) is 22.2. The molecule has 0 amide bonds. The SMILES string of the molecule is OCCCC(O)C1NC(COCc2ccccc2)C(OCc2ccccc2)C(OCc2ccccc2)C1OCc1ccccc1. The average Bonchev–Trinajstić information content (AvgIpc) is 3.10. The van der Waals surface area contributed by atoms with Gasteiger partial charge in [-0.25, -0.2) is 0 Å². The number of hydrogen-bond acceptors (Lipinski definition) is 7. The summed E-state index contributed by atoms with van der Waals surface area (Å²) in [4.78, 5) is 0. The van der Waals surface area contributed by atoms with Crippen molar-refractivity contribution in [3.05, 3.63) is 144 Å². The Labute approximate surface area is 266 Å². The van der Waals surface area contributed by atoms with E-state index in [-0.39, 0.29) is 12.6 Å². The first-order chi connectivity index (χ1) is 22.2. The van der Waals surface area contributed by atoms with Gasteiger partial charge in [-0.3, -0.25) is 0 Å². The third-order valence-corrected chi connectivity index (χ3v) is 8.14. The molecule has 3 N–H and O–H groups in total. The number of hydrogen-bond donors (Lipinski definition) is 3. The van der Waals surface area contributed by atoms with Gasteiger partial charge in [-0.1, -0.05) is 121 Å². The third kappa shape index (κ3) is 10.0. The van der Waals surface area contributed by atoms with Gasteiger partial charge in [-0.2, -0.15) is 0 Å². The zero-order valence-corrected chi connectivity index (χ0v) is 25.7. The van der Waals surface area contributed by atoms with Crippen molar-refractivity contribution in [3.63, 3.8) is 0 Å². The smallest absolute Gasteiger partial charge is 0.113 e. The maximum absolute atomic E-state index is 11.5. The Morgan fingerprint density at radius 1 is 0.556 bits per heavy atom. The summed E-state index contributed by atoms with van der Waals surface area (Å²) < 4.78 is 26.4. The summed E-state index contributed by atoms with van der Waals surface area (Å²) in [6.45, 7) is 1.89. The minimum Gasteiger partial charge on any atom is -0.396 e. The van der Waals surface area contributed by atoms with Gasteiger partial charge in [-0.15, -0.1) is 0 Å². The van der Waals surface area contributed by atoms with Crippen LogP contribution >= 0.6 is 0 Å². The van der Waals surface area contributed by atoms with E-state index in [4.69, 9.17) is 18.9 Å².